The number of piperidine rings is 1. The van der Waals surface area contributed by atoms with Crippen LogP contribution in [0.5, 0.6) is 0 Å². The Morgan fingerprint density at radius 2 is 1.95 bits per heavy atom. The molecular weight excluding hydrogens is 278 g/mol. The Morgan fingerprint density at radius 3 is 2.55 bits per heavy atom. The highest BCUT2D eigenvalue weighted by molar-refractivity contribution is 5.67. The molecule has 1 heterocycles. The van der Waals surface area contributed by atoms with Crippen LogP contribution in [0.25, 0.3) is 0 Å². The molecule has 0 radical (unpaired) electrons. The van der Waals surface area contributed by atoms with E-state index in [-0.39, 0.29) is 0 Å². The highest BCUT2D eigenvalue weighted by Crippen LogP contribution is 2.31. The number of ether oxygens (including phenoxy) is 1. The van der Waals surface area contributed by atoms with Crippen LogP contribution in [0.4, 0.5) is 16.2 Å². The van der Waals surface area contributed by atoms with Crippen LogP contribution >= 0.6 is 0 Å². The summed E-state index contributed by atoms with van der Waals surface area (Å²) in [6.45, 7) is 5.88. The van der Waals surface area contributed by atoms with E-state index in [4.69, 9.17) is 16.2 Å². The number of para-hydroxylation sites is 2. The molecule has 4 N–H and O–H groups in total. The van der Waals surface area contributed by atoms with E-state index in [0.717, 1.165) is 50.1 Å². The van der Waals surface area contributed by atoms with Gasteiger partial charge in [0.1, 0.15) is 5.60 Å². The Balaban J connectivity index is 1.80. The number of benzene rings is 1. The van der Waals surface area contributed by atoms with Gasteiger partial charge in [-0.2, -0.15) is 0 Å². The summed E-state index contributed by atoms with van der Waals surface area (Å²) in [5, 5.41) is 0. The molecule has 2 rings (SSSR count). The molecular formula is C17H27N3O2. The van der Waals surface area contributed by atoms with Crippen LogP contribution in [-0.2, 0) is 4.74 Å². The van der Waals surface area contributed by atoms with Gasteiger partial charge in [-0.15, -0.1) is 0 Å². The monoisotopic (exact) mass is 305 g/mol. The molecule has 22 heavy (non-hydrogen) atoms. The predicted molar refractivity (Wildman–Crippen MR) is 89.8 cm³/mol. The predicted octanol–water partition coefficient (Wildman–Crippen LogP) is 3.14. The van der Waals surface area contributed by atoms with Crippen LogP contribution in [0.2, 0.25) is 0 Å². The average Bonchev–Trinajstić information content (AvgIpc) is 2.45. The van der Waals surface area contributed by atoms with Crippen molar-refractivity contribution in [2.45, 2.75) is 45.1 Å². The average molecular weight is 305 g/mol. The zero-order valence-corrected chi connectivity index (χ0v) is 13.5. The van der Waals surface area contributed by atoms with Crippen molar-refractivity contribution in [1.29, 1.82) is 0 Å². The van der Waals surface area contributed by atoms with Gasteiger partial charge in [0.15, 0.2) is 0 Å². The number of nitrogen functional groups attached to an aromatic ring is 1. The Morgan fingerprint density at radius 1 is 1.32 bits per heavy atom. The first-order valence-electron chi connectivity index (χ1n) is 7.95. The second-order valence-electron chi connectivity index (χ2n) is 6.71. The fourth-order valence-corrected chi connectivity index (χ4v) is 3.11. The molecule has 122 valence electrons. The molecule has 1 amide bonds. The van der Waals surface area contributed by atoms with Gasteiger partial charge in [0.05, 0.1) is 11.4 Å². The van der Waals surface area contributed by atoms with Crippen LogP contribution in [0, 0.1) is 5.92 Å². The maximum Gasteiger partial charge on any atom is 0.405 e. The normalized spacial score (nSPS) is 16.5. The minimum Gasteiger partial charge on any atom is -0.444 e. The Kier molecular flexibility index (Phi) is 5.16. The van der Waals surface area contributed by atoms with Gasteiger partial charge >= 0.3 is 6.09 Å². The molecule has 1 aliphatic heterocycles. The van der Waals surface area contributed by atoms with Gasteiger partial charge < -0.3 is 21.1 Å². The van der Waals surface area contributed by atoms with Crippen molar-refractivity contribution in [2.24, 2.45) is 11.7 Å². The summed E-state index contributed by atoms with van der Waals surface area (Å²) in [6.07, 6.45) is 3.48. The molecule has 5 nitrogen and oxygen atoms in total. The van der Waals surface area contributed by atoms with Gasteiger partial charge in [0.2, 0.25) is 0 Å². The van der Waals surface area contributed by atoms with E-state index in [9.17, 15) is 4.79 Å². The fraction of sp³-hybridized carbons (Fsp3) is 0.588. The molecule has 0 atom stereocenters. The van der Waals surface area contributed by atoms with Gasteiger partial charge in [-0.25, -0.2) is 4.79 Å². The quantitative estimate of drug-likeness (QED) is 0.819. The third kappa shape index (κ3) is 4.55. The van der Waals surface area contributed by atoms with Gasteiger partial charge in [-0.3, -0.25) is 0 Å². The lowest BCUT2D eigenvalue weighted by Crippen LogP contribution is -2.36. The van der Waals surface area contributed by atoms with E-state index >= 15 is 0 Å². The zero-order chi connectivity index (χ0) is 16.2. The molecule has 1 aromatic rings. The minimum atomic E-state index is -0.695. The number of hydrogen-bond acceptors (Lipinski definition) is 4. The Labute approximate surface area is 132 Å². The maximum atomic E-state index is 10.9. The molecule has 0 bridgehead atoms. The van der Waals surface area contributed by atoms with E-state index in [1.54, 1.807) is 0 Å². The summed E-state index contributed by atoms with van der Waals surface area (Å²) in [6, 6.07) is 8.03. The van der Waals surface area contributed by atoms with Crippen LogP contribution in [0.15, 0.2) is 24.3 Å². The molecule has 1 aliphatic rings. The maximum absolute atomic E-state index is 10.9. The first-order valence-corrected chi connectivity index (χ1v) is 7.95. The number of hydrogen-bond donors (Lipinski definition) is 2. The van der Waals surface area contributed by atoms with Crippen molar-refractivity contribution in [3.05, 3.63) is 24.3 Å². The van der Waals surface area contributed by atoms with Crippen molar-refractivity contribution < 1.29 is 9.53 Å². The number of carbonyl (C=O) groups excluding carboxylic acids is 1. The smallest absolute Gasteiger partial charge is 0.405 e. The van der Waals surface area contributed by atoms with Crippen molar-refractivity contribution >= 4 is 17.5 Å². The van der Waals surface area contributed by atoms with Gasteiger partial charge in [0, 0.05) is 13.1 Å². The molecule has 5 heteroatoms. The van der Waals surface area contributed by atoms with Gasteiger partial charge in [-0.1, -0.05) is 12.1 Å². The zero-order valence-electron chi connectivity index (χ0n) is 13.5. The lowest BCUT2D eigenvalue weighted by Gasteiger charge is -2.35. The molecule has 1 saturated heterocycles. The summed E-state index contributed by atoms with van der Waals surface area (Å²) < 4.78 is 5.15. The molecule has 0 spiro atoms. The van der Waals surface area contributed by atoms with Gasteiger partial charge in [-0.05, 0) is 57.6 Å². The highest BCUT2D eigenvalue weighted by Gasteiger charge is 2.26. The lowest BCUT2D eigenvalue weighted by atomic mass is 9.88. The van der Waals surface area contributed by atoms with Crippen LogP contribution in [0.1, 0.15) is 39.5 Å². The SMILES string of the molecule is CC(C)(CCC1CCN(c2ccccc2N)CC1)OC(N)=O. The number of anilines is 2. The Bertz CT molecular complexity index is 508. The van der Waals surface area contributed by atoms with Crippen LogP contribution in [-0.4, -0.2) is 24.8 Å². The van der Waals surface area contributed by atoms with E-state index in [2.05, 4.69) is 11.0 Å². The Hall–Kier alpha value is -1.91. The van der Waals surface area contributed by atoms with Gasteiger partial charge in [0.25, 0.3) is 0 Å². The van der Waals surface area contributed by atoms with Crippen LogP contribution in [0.3, 0.4) is 0 Å². The van der Waals surface area contributed by atoms with E-state index in [0.29, 0.717) is 5.92 Å². The number of nitrogens with two attached hydrogens (primary N) is 2. The fourth-order valence-electron chi connectivity index (χ4n) is 3.11. The number of primary amides is 1. The molecule has 0 aromatic heterocycles. The third-order valence-corrected chi connectivity index (χ3v) is 4.42. The van der Waals surface area contributed by atoms with Crippen molar-refractivity contribution in [2.75, 3.05) is 23.7 Å². The number of carbonyl (C=O) groups is 1. The second kappa shape index (κ2) is 6.90. The molecule has 0 aliphatic carbocycles. The summed E-state index contributed by atoms with van der Waals surface area (Å²) >= 11 is 0. The highest BCUT2D eigenvalue weighted by atomic mass is 16.6. The topological polar surface area (TPSA) is 81.6 Å². The molecule has 1 aromatic carbocycles. The first-order chi connectivity index (χ1) is 10.4. The molecule has 0 unspecified atom stereocenters. The summed E-state index contributed by atoms with van der Waals surface area (Å²) in [7, 11) is 0. The van der Waals surface area contributed by atoms with Crippen molar-refractivity contribution in [1.82, 2.24) is 0 Å². The molecule has 1 fully saturated rings. The second-order valence-corrected chi connectivity index (χ2v) is 6.71. The number of amides is 1. The standard InChI is InChI=1S/C17H27N3O2/c1-17(2,22-16(19)21)10-7-13-8-11-20(12-9-13)15-6-4-3-5-14(15)18/h3-6,13H,7-12,18H2,1-2H3,(H2,19,21). The van der Waals surface area contributed by atoms with Crippen LogP contribution < -0.4 is 16.4 Å². The van der Waals surface area contributed by atoms with E-state index in [1.807, 2.05) is 32.0 Å². The lowest BCUT2D eigenvalue weighted by molar-refractivity contribution is 0.0334. The third-order valence-electron chi connectivity index (χ3n) is 4.42. The first kappa shape index (κ1) is 16.5. The number of nitrogens with zero attached hydrogens (tertiary/aromatic N) is 1. The van der Waals surface area contributed by atoms with Crippen molar-refractivity contribution in [3.8, 4) is 0 Å². The van der Waals surface area contributed by atoms with Crippen molar-refractivity contribution in [3.63, 3.8) is 0 Å². The molecule has 0 saturated carbocycles. The summed E-state index contributed by atoms with van der Waals surface area (Å²) in [4.78, 5) is 13.2. The minimum absolute atomic E-state index is 0.479. The summed E-state index contributed by atoms with van der Waals surface area (Å²) in [5.41, 5.74) is 12.7. The van der Waals surface area contributed by atoms with E-state index < -0.39 is 11.7 Å². The van der Waals surface area contributed by atoms with E-state index in [1.165, 1.54) is 0 Å². The number of rotatable bonds is 5. The summed E-state index contributed by atoms with van der Waals surface area (Å²) in [5.74, 6) is 0.664. The largest absolute Gasteiger partial charge is 0.444 e.